The zero-order chi connectivity index (χ0) is 16.9. The first-order valence-electron chi connectivity index (χ1n) is 6.58. The second-order valence-corrected chi connectivity index (χ2v) is 4.46. The quantitative estimate of drug-likeness (QED) is 0.732. The van der Waals surface area contributed by atoms with Crippen molar-refractivity contribution in [3.05, 3.63) is 47.8 Å². The number of aromatic nitrogens is 2. The number of rotatable bonds is 5. The van der Waals surface area contributed by atoms with Gasteiger partial charge in [0.25, 0.3) is 5.91 Å². The molecule has 2 rings (SSSR count). The van der Waals surface area contributed by atoms with Crippen molar-refractivity contribution in [1.82, 2.24) is 15.3 Å². The first-order chi connectivity index (χ1) is 10.9. The van der Waals surface area contributed by atoms with Gasteiger partial charge in [-0.3, -0.25) is 4.79 Å². The van der Waals surface area contributed by atoms with Gasteiger partial charge in [-0.05, 0) is 18.2 Å². The predicted octanol–water partition coefficient (Wildman–Crippen LogP) is 2.04. The fourth-order valence-corrected chi connectivity index (χ4v) is 1.71. The van der Waals surface area contributed by atoms with Crippen LogP contribution in [0.25, 0.3) is 0 Å². The molecule has 1 amide bonds. The Hall–Kier alpha value is -2.84. The van der Waals surface area contributed by atoms with Crippen LogP contribution in [0.3, 0.4) is 0 Å². The number of nitrogens with one attached hydrogen (secondary N) is 2. The highest BCUT2D eigenvalue weighted by Crippen LogP contribution is 2.27. The summed E-state index contributed by atoms with van der Waals surface area (Å²) in [6.07, 6.45) is -3.54. The lowest BCUT2D eigenvalue weighted by Crippen LogP contribution is -2.29. The molecule has 23 heavy (non-hydrogen) atoms. The van der Waals surface area contributed by atoms with E-state index in [1.807, 2.05) is 0 Å². The molecule has 6 nitrogen and oxygen atoms in total. The SMILES string of the molecule is O=C(NCCNc1nccc(C(F)(F)F)n1)c1ccccc1O. The number of aromatic hydroxyl groups is 1. The van der Waals surface area contributed by atoms with Crippen LogP contribution in [0.5, 0.6) is 5.75 Å². The Balaban J connectivity index is 1.84. The molecule has 0 aliphatic carbocycles. The van der Waals surface area contributed by atoms with Crippen LogP contribution in [0.4, 0.5) is 19.1 Å². The molecule has 0 atom stereocenters. The van der Waals surface area contributed by atoms with E-state index in [-0.39, 0.29) is 30.4 Å². The van der Waals surface area contributed by atoms with Crippen molar-refractivity contribution >= 4 is 11.9 Å². The summed E-state index contributed by atoms with van der Waals surface area (Å²) >= 11 is 0. The van der Waals surface area contributed by atoms with Crippen LogP contribution in [0, 0.1) is 0 Å². The van der Waals surface area contributed by atoms with Crippen LogP contribution < -0.4 is 10.6 Å². The summed E-state index contributed by atoms with van der Waals surface area (Å²) in [6.45, 7) is 0.243. The molecule has 0 saturated carbocycles. The number of phenols is 1. The van der Waals surface area contributed by atoms with Crippen molar-refractivity contribution in [3.63, 3.8) is 0 Å². The number of carbonyl (C=O) groups is 1. The van der Waals surface area contributed by atoms with Gasteiger partial charge in [-0.2, -0.15) is 13.2 Å². The van der Waals surface area contributed by atoms with Crippen molar-refractivity contribution < 1.29 is 23.1 Å². The average molecular weight is 326 g/mol. The van der Waals surface area contributed by atoms with Crippen LogP contribution in [-0.2, 0) is 6.18 Å². The molecular weight excluding hydrogens is 313 g/mol. The zero-order valence-electron chi connectivity index (χ0n) is 11.8. The number of amides is 1. The molecule has 0 spiro atoms. The minimum absolute atomic E-state index is 0.114. The molecule has 9 heteroatoms. The van der Waals surface area contributed by atoms with Gasteiger partial charge in [0.2, 0.25) is 5.95 Å². The average Bonchev–Trinajstić information content (AvgIpc) is 2.51. The number of hydrogen-bond acceptors (Lipinski definition) is 5. The van der Waals surface area contributed by atoms with Gasteiger partial charge in [0.15, 0.2) is 0 Å². The monoisotopic (exact) mass is 326 g/mol. The number of carbonyl (C=O) groups excluding carboxylic acids is 1. The summed E-state index contributed by atoms with van der Waals surface area (Å²) in [5.74, 6) is -0.828. The fourth-order valence-electron chi connectivity index (χ4n) is 1.71. The molecule has 1 aromatic carbocycles. The smallest absolute Gasteiger partial charge is 0.433 e. The second-order valence-electron chi connectivity index (χ2n) is 4.46. The Morgan fingerprint density at radius 1 is 1.17 bits per heavy atom. The Labute approximate surface area is 129 Å². The highest BCUT2D eigenvalue weighted by Gasteiger charge is 2.32. The van der Waals surface area contributed by atoms with Crippen LogP contribution in [0.1, 0.15) is 16.1 Å². The summed E-state index contributed by atoms with van der Waals surface area (Å²) in [4.78, 5) is 18.8. The number of alkyl halides is 3. The van der Waals surface area contributed by atoms with Crippen LogP contribution in [0.15, 0.2) is 36.5 Å². The molecule has 0 unspecified atom stereocenters. The number of anilines is 1. The number of phenolic OH excluding ortho intramolecular Hbond substituents is 1. The highest BCUT2D eigenvalue weighted by molar-refractivity contribution is 5.96. The number of para-hydroxylation sites is 1. The molecular formula is C14H13F3N4O2. The van der Waals surface area contributed by atoms with Crippen LogP contribution in [0.2, 0.25) is 0 Å². The van der Waals surface area contributed by atoms with E-state index in [9.17, 15) is 23.1 Å². The normalized spacial score (nSPS) is 11.1. The van der Waals surface area contributed by atoms with E-state index in [2.05, 4.69) is 20.6 Å². The second kappa shape index (κ2) is 6.95. The number of nitrogens with zero attached hydrogens (tertiary/aromatic N) is 2. The van der Waals surface area contributed by atoms with Gasteiger partial charge < -0.3 is 15.7 Å². The standard InChI is InChI=1S/C14H13F3N4O2/c15-14(16,17)11-5-6-19-13(21-11)20-8-7-18-12(23)9-3-1-2-4-10(9)22/h1-6,22H,7-8H2,(H,18,23)(H,19,20,21). The topological polar surface area (TPSA) is 87.1 Å². The number of hydrogen-bond donors (Lipinski definition) is 3. The van der Waals surface area contributed by atoms with Gasteiger partial charge >= 0.3 is 6.18 Å². The van der Waals surface area contributed by atoms with Crippen molar-refractivity contribution in [3.8, 4) is 5.75 Å². The van der Waals surface area contributed by atoms with Gasteiger partial charge in [0.05, 0.1) is 5.56 Å². The summed E-state index contributed by atoms with van der Waals surface area (Å²) in [5, 5.41) is 14.6. The molecule has 0 saturated heterocycles. The largest absolute Gasteiger partial charge is 0.507 e. The van der Waals surface area contributed by atoms with E-state index in [1.165, 1.54) is 12.1 Å². The van der Waals surface area contributed by atoms with Crippen molar-refractivity contribution in [1.29, 1.82) is 0 Å². The van der Waals surface area contributed by atoms with E-state index in [0.717, 1.165) is 12.3 Å². The van der Waals surface area contributed by atoms with E-state index >= 15 is 0 Å². The Kier molecular flexibility index (Phi) is 4.99. The highest BCUT2D eigenvalue weighted by atomic mass is 19.4. The summed E-state index contributed by atoms with van der Waals surface area (Å²) < 4.78 is 37.5. The maximum atomic E-state index is 12.5. The fraction of sp³-hybridized carbons (Fsp3) is 0.214. The molecule has 1 heterocycles. The molecule has 0 bridgehead atoms. The number of benzene rings is 1. The van der Waals surface area contributed by atoms with E-state index in [0.29, 0.717) is 0 Å². The molecule has 122 valence electrons. The first kappa shape index (κ1) is 16.5. The maximum Gasteiger partial charge on any atom is 0.433 e. The molecule has 1 aromatic heterocycles. The van der Waals surface area contributed by atoms with Crippen LogP contribution >= 0.6 is 0 Å². The third-order valence-electron chi connectivity index (χ3n) is 2.79. The lowest BCUT2D eigenvalue weighted by molar-refractivity contribution is -0.141. The van der Waals surface area contributed by atoms with E-state index in [4.69, 9.17) is 0 Å². The number of halogens is 3. The lowest BCUT2D eigenvalue weighted by Gasteiger charge is -2.09. The predicted molar refractivity (Wildman–Crippen MR) is 76.0 cm³/mol. The summed E-state index contributed by atoms with van der Waals surface area (Å²) in [5.41, 5.74) is -0.934. The minimum atomic E-state index is -4.54. The zero-order valence-corrected chi connectivity index (χ0v) is 11.8. The third-order valence-corrected chi connectivity index (χ3v) is 2.79. The molecule has 3 N–H and O–H groups in total. The van der Waals surface area contributed by atoms with E-state index in [1.54, 1.807) is 12.1 Å². The Bertz CT molecular complexity index is 692. The summed E-state index contributed by atoms with van der Waals surface area (Å²) in [7, 11) is 0. The minimum Gasteiger partial charge on any atom is -0.507 e. The van der Waals surface area contributed by atoms with E-state index < -0.39 is 17.8 Å². The molecule has 0 radical (unpaired) electrons. The molecule has 0 aliphatic rings. The van der Waals surface area contributed by atoms with Crippen molar-refractivity contribution in [2.24, 2.45) is 0 Å². The van der Waals surface area contributed by atoms with Gasteiger partial charge in [0, 0.05) is 19.3 Å². The van der Waals surface area contributed by atoms with Crippen LogP contribution in [-0.4, -0.2) is 34.1 Å². The maximum absolute atomic E-state index is 12.5. The molecule has 2 aromatic rings. The molecule has 0 aliphatic heterocycles. The van der Waals surface area contributed by atoms with Crippen molar-refractivity contribution in [2.75, 3.05) is 18.4 Å². The lowest BCUT2D eigenvalue weighted by atomic mass is 10.2. The van der Waals surface area contributed by atoms with Gasteiger partial charge in [-0.1, -0.05) is 12.1 Å². The Morgan fingerprint density at radius 3 is 2.61 bits per heavy atom. The molecule has 0 fully saturated rings. The first-order valence-corrected chi connectivity index (χ1v) is 6.58. The Morgan fingerprint density at radius 2 is 1.91 bits per heavy atom. The summed E-state index contributed by atoms with van der Waals surface area (Å²) in [6, 6.07) is 6.78. The van der Waals surface area contributed by atoms with Gasteiger partial charge in [-0.25, -0.2) is 9.97 Å². The van der Waals surface area contributed by atoms with Crippen molar-refractivity contribution in [2.45, 2.75) is 6.18 Å². The van der Waals surface area contributed by atoms with Gasteiger partial charge in [-0.15, -0.1) is 0 Å². The third kappa shape index (κ3) is 4.56. The van der Waals surface area contributed by atoms with Gasteiger partial charge in [0.1, 0.15) is 11.4 Å².